The molecule has 0 aliphatic heterocycles. The van der Waals surface area contributed by atoms with Crippen LogP contribution >= 0.6 is 0 Å². The molecular formula is C7H8N4O2. The van der Waals surface area contributed by atoms with Gasteiger partial charge in [0, 0.05) is 19.3 Å². The highest BCUT2D eigenvalue weighted by Crippen LogP contribution is 2.09. The second-order valence-corrected chi connectivity index (χ2v) is 2.22. The van der Waals surface area contributed by atoms with E-state index in [1.807, 2.05) is 0 Å². The number of ether oxygens (including phenoxy) is 1. The van der Waals surface area contributed by atoms with Crippen LogP contribution in [0.5, 0.6) is 5.88 Å². The standard InChI is InChI=1S/C7H8N4O2/c1-4(12)13-7-5(6(8)9)10-2-3-11-7/h2-3H,1H3,(H3,8,9). The third kappa shape index (κ3) is 2.22. The predicted molar refractivity (Wildman–Crippen MR) is 44.4 cm³/mol. The highest BCUT2D eigenvalue weighted by Gasteiger charge is 2.10. The van der Waals surface area contributed by atoms with Crippen molar-refractivity contribution in [1.29, 1.82) is 5.41 Å². The number of nitrogen functional groups attached to an aromatic ring is 1. The van der Waals surface area contributed by atoms with E-state index in [9.17, 15) is 4.79 Å². The Bertz CT molecular complexity index is 350. The van der Waals surface area contributed by atoms with Gasteiger partial charge in [-0.2, -0.15) is 0 Å². The first kappa shape index (κ1) is 9.11. The quantitative estimate of drug-likeness (QED) is 0.369. The third-order valence-corrected chi connectivity index (χ3v) is 1.16. The van der Waals surface area contributed by atoms with Crippen LogP contribution in [-0.2, 0) is 4.79 Å². The fourth-order valence-corrected chi connectivity index (χ4v) is 0.721. The molecule has 6 nitrogen and oxygen atoms in total. The number of hydrogen-bond acceptors (Lipinski definition) is 5. The molecule has 0 aliphatic rings. The first-order valence-corrected chi connectivity index (χ1v) is 3.45. The molecule has 3 N–H and O–H groups in total. The van der Waals surface area contributed by atoms with Crippen LogP contribution in [0.15, 0.2) is 12.4 Å². The molecule has 0 fully saturated rings. The van der Waals surface area contributed by atoms with Crippen LogP contribution in [0.3, 0.4) is 0 Å². The number of aromatic nitrogens is 2. The van der Waals surface area contributed by atoms with Gasteiger partial charge in [-0.1, -0.05) is 0 Å². The number of nitrogens with one attached hydrogen (secondary N) is 1. The zero-order chi connectivity index (χ0) is 9.84. The molecule has 0 aliphatic carbocycles. The smallest absolute Gasteiger partial charge is 0.309 e. The van der Waals surface area contributed by atoms with E-state index in [2.05, 4.69) is 14.7 Å². The molecule has 0 aromatic carbocycles. The van der Waals surface area contributed by atoms with Gasteiger partial charge in [-0.15, -0.1) is 0 Å². The molecule has 0 bridgehead atoms. The van der Waals surface area contributed by atoms with Gasteiger partial charge in [0.05, 0.1) is 0 Å². The SMILES string of the molecule is CC(=O)Oc1nccnc1C(=N)N. The summed E-state index contributed by atoms with van der Waals surface area (Å²) in [6.45, 7) is 1.23. The van der Waals surface area contributed by atoms with Gasteiger partial charge in [-0.3, -0.25) is 10.2 Å². The van der Waals surface area contributed by atoms with Crippen LogP contribution in [0.2, 0.25) is 0 Å². The van der Waals surface area contributed by atoms with E-state index >= 15 is 0 Å². The van der Waals surface area contributed by atoms with E-state index < -0.39 is 5.97 Å². The Labute approximate surface area is 74.3 Å². The number of esters is 1. The molecule has 1 aromatic rings. The lowest BCUT2D eigenvalue weighted by molar-refractivity contribution is -0.132. The van der Waals surface area contributed by atoms with Crippen molar-refractivity contribution >= 4 is 11.8 Å². The van der Waals surface area contributed by atoms with E-state index in [-0.39, 0.29) is 17.4 Å². The summed E-state index contributed by atoms with van der Waals surface area (Å²) in [6, 6.07) is 0. The van der Waals surface area contributed by atoms with Crippen molar-refractivity contribution in [2.45, 2.75) is 6.92 Å². The molecule has 0 atom stereocenters. The number of rotatable bonds is 2. The summed E-state index contributed by atoms with van der Waals surface area (Å²) < 4.78 is 4.67. The summed E-state index contributed by atoms with van der Waals surface area (Å²) in [4.78, 5) is 18.0. The lowest BCUT2D eigenvalue weighted by atomic mass is 10.4. The molecular weight excluding hydrogens is 172 g/mol. The predicted octanol–water partition coefficient (Wildman–Crippen LogP) is -0.314. The second-order valence-electron chi connectivity index (χ2n) is 2.22. The molecule has 6 heteroatoms. The number of nitrogens with two attached hydrogens (primary N) is 1. The van der Waals surface area contributed by atoms with E-state index in [1.165, 1.54) is 19.3 Å². The van der Waals surface area contributed by atoms with E-state index in [0.717, 1.165) is 0 Å². The lowest BCUT2D eigenvalue weighted by Crippen LogP contribution is -2.17. The maximum Gasteiger partial charge on any atom is 0.309 e. The molecule has 0 unspecified atom stereocenters. The topological polar surface area (TPSA) is 102 Å². The highest BCUT2D eigenvalue weighted by molar-refractivity contribution is 5.95. The Morgan fingerprint density at radius 1 is 1.54 bits per heavy atom. The average Bonchev–Trinajstić information content (AvgIpc) is 2.03. The molecule has 0 radical (unpaired) electrons. The normalized spacial score (nSPS) is 9.31. The van der Waals surface area contributed by atoms with Gasteiger partial charge in [0.1, 0.15) is 5.84 Å². The number of nitrogens with zero attached hydrogens (tertiary/aromatic N) is 2. The molecule has 1 aromatic heterocycles. The van der Waals surface area contributed by atoms with E-state index in [1.54, 1.807) is 0 Å². The minimum absolute atomic E-state index is 0.0394. The molecule has 1 rings (SSSR count). The first-order chi connectivity index (χ1) is 6.11. The highest BCUT2D eigenvalue weighted by atomic mass is 16.5. The van der Waals surface area contributed by atoms with Crippen molar-refractivity contribution in [3.05, 3.63) is 18.1 Å². The fourth-order valence-electron chi connectivity index (χ4n) is 0.721. The van der Waals surface area contributed by atoms with Crippen LogP contribution in [0.4, 0.5) is 0 Å². The molecule has 0 saturated carbocycles. The largest absolute Gasteiger partial charge is 0.405 e. The number of amidine groups is 1. The Balaban J connectivity index is 3.04. The van der Waals surface area contributed by atoms with E-state index in [4.69, 9.17) is 11.1 Å². The van der Waals surface area contributed by atoms with Crippen LogP contribution < -0.4 is 10.5 Å². The summed E-state index contributed by atoms with van der Waals surface area (Å²) in [5.41, 5.74) is 5.25. The van der Waals surface area contributed by atoms with Gasteiger partial charge < -0.3 is 10.5 Å². The Kier molecular flexibility index (Phi) is 2.53. The summed E-state index contributed by atoms with van der Waals surface area (Å²) in [5.74, 6) is -0.852. The van der Waals surface area contributed by atoms with Crippen molar-refractivity contribution in [3.63, 3.8) is 0 Å². The van der Waals surface area contributed by atoms with Gasteiger partial charge in [-0.05, 0) is 0 Å². The van der Waals surface area contributed by atoms with Gasteiger partial charge in [0.25, 0.3) is 5.88 Å². The van der Waals surface area contributed by atoms with Crippen molar-refractivity contribution in [3.8, 4) is 5.88 Å². The van der Waals surface area contributed by atoms with Crippen molar-refractivity contribution in [1.82, 2.24) is 9.97 Å². The average molecular weight is 180 g/mol. The molecule has 1 heterocycles. The number of carbonyl (C=O) groups excluding carboxylic acids is 1. The van der Waals surface area contributed by atoms with Crippen molar-refractivity contribution < 1.29 is 9.53 Å². The van der Waals surface area contributed by atoms with Crippen LogP contribution in [-0.4, -0.2) is 21.8 Å². The van der Waals surface area contributed by atoms with E-state index in [0.29, 0.717) is 0 Å². The zero-order valence-electron chi connectivity index (χ0n) is 6.94. The molecule has 0 amide bonds. The zero-order valence-corrected chi connectivity index (χ0v) is 6.94. The Hall–Kier alpha value is -1.98. The Morgan fingerprint density at radius 2 is 2.15 bits per heavy atom. The molecule has 13 heavy (non-hydrogen) atoms. The van der Waals surface area contributed by atoms with Crippen molar-refractivity contribution in [2.24, 2.45) is 5.73 Å². The molecule has 68 valence electrons. The third-order valence-electron chi connectivity index (χ3n) is 1.16. The van der Waals surface area contributed by atoms with Crippen LogP contribution in [0, 0.1) is 5.41 Å². The summed E-state index contributed by atoms with van der Waals surface area (Å²) in [6.07, 6.45) is 2.72. The minimum atomic E-state index is -0.525. The van der Waals surface area contributed by atoms with Gasteiger partial charge in [-0.25, -0.2) is 9.97 Å². The monoisotopic (exact) mass is 180 g/mol. The molecule has 0 spiro atoms. The molecule has 0 saturated heterocycles. The van der Waals surface area contributed by atoms with Gasteiger partial charge >= 0.3 is 5.97 Å². The lowest BCUT2D eigenvalue weighted by Gasteiger charge is -2.03. The number of hydrogen-bond donors (Lipinski definition) is 2. The van der Waals surface area contributed by atoms with Crippen LogP contribution in [0.25, 0.3) is 0 Å². The summed E-state index contributed by atoms with van der Waals surface area (Å²) in [7, 11) is 0. The minimum Gasteiger partial charge on any atom is -0.405 e. The Morgan fingerprint density at radius 3 is 2.69 bits per heavy atom. The maximum atomic E-state index is 10.6. The second kappa shape index (κ2) is 3.61. The summed E-state index contributed by atoms with van der Waals surface area (Å²) >= 11 is 0. The number of carbonyl (C=O) groups is 1. The summed E-state index contributed by atoms with van der Waals surface area (Å²) in [5, 5.41) is 7.10. The van der Waals surface area contributed by atoms with Crippen LogP contribution in [0.1, 0.15) is 12.6 Å². The van der Waals surface area contributed by atoms with Gasteiger partial charge in [0.2, 0.25) is 0 Å². The first-order valence-electron chi connectivity index (χ1n) is 3.45. The van der Waals surface area contributed by atoms with Gasteiger partial charge in [0.15, 0.2) is 5.69 Å². The van der Waals surface area contributed by atoms with Crippen molar-refractivity contribution in [2.75, 3.05) is 0 Å². The fraction of sp³-hybridized carbons (Fsp3) is 0.143. The maximum absolute atomic E-state index is 10.6.